The van der Waals surface area contributed by atoms with Crippen LogP contribution in [-0.2, 0) is 9.59 Å². The van der Waals surface area contributed by atoms with Gasteiger partial charge in [0.05, 0.1) is 11.7 Å². The highest BCUT2D eigenvalue weighted by molar-refractivity contribution is 7.99. The highest BCUT2D eigenvalue weighted by atomic mass is 32.2. The molecule has 1 heterocycles. The summed E-state index contributed by atoms with van der Waals surface area (Å²) in [6.07, 6.45) is 0.250. The Bertz CT molecular complexity index is 846. The molecule has 1 unspecified atom stereocenters. The van der Waals surface area contributed by atoms with E-state index in [1.807, 2.05) is 24.3 Å². The molecule has 2 aromatic rings. The zero-order chi connectivity index (χ0) is 19.9. The van der Waals surface area contributed by atoms with Crippen molar-refractivity contribution in [3.05, 3.63) is 54.3 Å². The molecule has 0 saturated heterocycles. The van der Waals surface area contributed by atoms with Gasteiger partial charge in [-0.25, -0.2) is 4.39 Å². The maximum Gasteiger partial charge on any atom is 0.227 e. The number of hydrogen-bond acceptors (Lipinski definition) is 4. The third-order valence-corrected chi connectivity index (χ3v) is 5.37. The molecular weight excluding hydrogens is 379 g/mol. The predicted molar refractivity (Wildman–Crippen MR) is 108 cm³/mol. The fraction of sp³-hybridized carbons (Fsp3) is 0.333. The molecular formula is C21H23FN2O3S. The van der Waals surface area contributed by atoms with Gasteiger partial charge in [0, 0.05) is 30.0 Å². The summed E-state index contributed by atoms with van der Waals surface area (Å²) >= 11 is 1.73. The van der Waals surface area contributed by atoms with Gasteiger partial charge in [0.2, 0.25) is 11.8 Å². The van der Waals surface area contributed by atoms with Crippen molar-refractivity contribution < 1.29 is 18.7 Å². The third-order valence-electron chi connectivity index (χ3n) is 4.33. The van der Waals surface area contributed by atoms with Gasteiger partial charge in [-0.15, -0.1) is 11.8 Å². The van der Waals surface area contributed by atoms with Crippen LogP contribution >= 0.6 is 11.8 Å². The van der Waals surface area contributed by atoms with Crippen molar-refractivity contribution >= 4 is 29.3 Å². The van der Waals surface area contributed by atoms with Crippen LogP contribution in [0.4, 0.5) is 10.1 Å². The summed E-state index contributed by atoms with van der Waals surface area (Å²) in [5.74, 6) is 0.280. The van der Waals surface area contributed by atoms with Crippen LogP contribution in [0.15, 0.2) is 53.4 Å². The van der Waals surface area contributed by atoms with Gasteiger partial charge in [-0.05, 0) is 31.2 Å². The molecule has 0 spiro atoms. The van der Waals surface area contributed by atoms with Crippen LogP contribution in [0.3, 0.4) is 0 Å². The van der Waals surface area contributed by atoms with E-state index in [1.54, 1.807) is 35.7 Å². The number of nitrogens with zero attached hydrogens (tertiary/aromatic N) is 1. The Morgan fingerprint density at radius 2 is 1.93 bits per heavy atom. The summed E-state index contributed by atoms with van der Waals surface area (Å²) in [6, 6.07) is 13.6. The summed E-state index contributed by atoms with van der Waals surface area (Å²) in [7, 11) is 0. The Labute approximate surface area is 168 Å². The molecule has 28 heavy (non-hydrogen) atoms. The maximum absolute atomic E-state index is 13.5. The molecule has 7 heteroatoms. The highest BCUT2D eigenvalue weighted by Gasteiger charge is 2.23. The number of rotatable bonds is 7. The molecule has 0 aliphatic carbocycles. The smallest absolute Gasteiger partial charge is 0.227 e. The summed E-state index contributed by atoms with van der Waals surface area (Å²) in [5, 5.41) is 2.79. The molecule has 1 N–H and O–H groups in total. The number of carbonyl (C=O) groups excluding carboxylic acids is 2. The summed E-state index contributed by atoms with van der Waals surface area (Å²) in [4.78, 5) is 27.6. The number of carbonyl (C=O) groups is 2. The number of fused-ring (bicyclic) bond motifs is 1. The lowest BCUT2D eigenvalue weighted by Crippen LogP contribution is -2.39. The lowest BCUT2D eigenvalue weighted by molar-refractivity contribution is -0.125. The van der Waals surface area contributed by atoms with E-state index in [0.29, 0.717) is 6.54 Å². The van der Waals surface area contributed by atoms with Crippen molar-refractivity contribution in [3.63, 3.8) is 0 Å². The summed E-state index contributed by atoms with van der Waals surface area (Å²) in [5.41, 5.74) is 0.913. The summed E-state index contributed by atoms with van der Waals surface area (Å²) < 4.78 is 18.9. The minimum atomic E-state index is -0.438. The average molecular weight is 402 g/mol. The number of hydrogen-bond donors (Lipinski definition) is 1. The number of para-hydroxylation sites is 2. The van der Waals surface area contributed by atoms with E-state index in [2.05, 4.69) is 5.32 Å². The molecule has 1 atom stereocenters. The van der Waals surface area contributed by atoms with Gasteiger partial charge < -0.3 is 15.0 Å². The van der Waals surface area contributed by atoms with Crippen molar-refractivity contribution in [3.8, 4) is 5.75 Å². The van der Waals surface area contributed by atoms with E-state index in [0.717, 1.165) is 16.3 Å². The lowest BCUT2D eigenvalue weighted by atomic mass is 10.2. The monoisotopic (exact) mass is 402 g/mol. The van der Waals surface area contributed by atoms with E-state index in [-0.39, 0.29) is 43.1 Å². The fourth-order valence-electron chi connectivity index (χ4n) is 2.95. The maximum atomic E-state index is 13.5. The Kier molecular flexibility index (Phi) is 6.92. The topological polar surface area (TPSA) is 58.6 Å². The molecule has 0 fully saturated rings. The largest absolute Gasteiger partial charge is 0.488 e. The van der Waals surface area contributed by atoms with Crippen molar-refractivity contribution in [2.24, 2.45) is 0 Å². The van der Waals surface area contributed by atoms with Gasteiger partial charge in [0.15, 0.2) is 11.6 Å². The standard InChI is InChI=1S/C21H23FN2O3S/c1-15(14-27-18-8-4-2-6-16(18)22)23-20(25)10-11-21(26)24-12-13-28-19-9-5-3-7-17(19)24/h2-9,15H,10-14H2,1H3,(H,23,25). The Morgan fingerprint density at radius 1 is 1.18 bits per heavy atom. The second-order valence-electron chi connectivity index (χ2n) is 6.57. The molecule has 2 amide bonds. The normalized spacial score (nSPS) is 14.1. The number of benzene rings is 2. The van der Waals surface area contributed by atoms with Gasteiger partial charge in [-0.2, -0.15) is 0 Å². The predicted octanol–water partition coefficient (Wildman–Crippen LogP) is 3.63. The van der Waals surface area contributed by atoms with Crippen molar-refractivity contribution in [1.82, 2.24) is 5.32 Å². The van der Waals surface area contributed by atoms with E-state index < -0.39 is 5.82 Å². The van der Waals surface area contributed by atoms with Crippen molar-refractivity contribution in [2.75, 3.05) is 23.8 Å². The van der Waals surface area contributed by atoms with Crippen molar-refractivity contribution in [1.29, 1.82) is 0 Å². The average Bonchev–Trinajstić information content (AvgIpc) is 2.71. The van der Waals surface area contributed by atoms with E-state index in [4.69, 9.17) is 4.74 Å². The zero-order valence-corrected chi connectivity index (χ0v) is 16.5. The number of nitrogens with one attached hydrogen (secondary N) is 1. The van der Waals surface area contributed by atoms with Crippen LogP contribution in [0.5, 0.6) is 5.75 Å². The molecule has 3 rings (SSSR count). The molecule has 2 aromatic carbocycles. The molecule has 148 valence electrons. The molecule has 0 bridgehead atoms. The first-order chi connectivity index (χ1) is 13.5. The quantitative estimate of drug-likeness (QED) is 0.768. The first-order valence-corrected chi connectivity index (χ1v) is 10.2. The van der Waals surface area contributed by atoms with Crippen LogP contribution in [0.1, 0.15) is 19.8 Å². The van der Waals surface area contributed by atoms with Gasteiger partial charge in [-0.1, -0.05) is 24.3 Å². The van der Waals surface area contributed by atoms with Crippen LogP contribution in [0, 0.1) is 5.82 Å². The van der Waals surface area contributed by atoms with Crippen LogP contribution in [0.25, 0.3) is 0 Å². The van der Waals surface area contributed by atoms with Crippen molar-refractivity contribution in [2.45, 2.75) is 30.7 Å². The highest BCUT2D eigenvalue weighted by Crippen LogP contribution is 2.34. The first kappa shape index (κ1) is 20.2. The Hall–Kier alpha value is -2.54. The van der Waals surface area contributed by atoms with Gasteiger partial charge in [-0.3, -0.25) is 9.59 Å². The summed E-state index contributed by atoms with van der Waals surface area (Å²) in [6.45, 7) is 2.57. The molecule has 0 saturated carbocycles. The van der Waals surface area contributed by atoms with E-state index in [9.17, 15) is 14.0 Å². The second-order valence-corrected chi connectivity index (χ2v) is 7.71. The van der Waals surface area contributed by atoms with Crippen LogP contribution in [-0.4, -0.2) is 36.8 Å². The van der Waals surface area contributed by atoms with E-state index >= 15 is 0 Å². The minimum absolute atomic E-state index is 0.0573. The Balaban J connectivity index is 1.44. The minimum Gasteiger partial charge on any atom is -0.488 e. The number of amides is 2. The van der Waals surface area contributed by atoms with Crippen LogP contribution in [0.2, 0.25) is 0 Å². The van der Waals surface area contributed by atoms with Gasteiger partial charge in [0.1, 0.15) is 6.61 Å². The Morgan fingerprint density at radius 3 is 2.75 bits per heavy atom. The first-order valence-electron chi connectivity index (χ1n) is 9.23. The number of thioether (sulfide) groups is 1. The second kappa shape index (κ2) is 9.59. The molecule has 5 nitrogen and oxygen atoms in total. The SMILES string of the molecule is CC(COc1ccccc1F)NC(=O)CCC(=O)N1CCSc2ccccc21. The number of anilines is 1. The fourth-order valence-corrected chi connectivity index (χ4v) is 3.94. The van der Waals surface area contributed by atoms with Gasteiger partial charge >= 0.3 is 0 Å². The molecule has 0 aromatic heterocycles. The van der Waals surface area contributed by atoms with E-state index in [1.165, 1.54) is 12.1 Å². The molecule has 0 radical (unpaired) electrons. The zero-order valence-electron chi connectivity index (χ0n) is 15.7. The number of halogens is 1. The number of ether oxygens (including phenoxy) is 1. The van der Waals surface area contributed by atoms with Crippen LogP contribution < -0.4 is 15.0 Å². The van der Waals surface area contributed by atoms with Gasteiger partial charge in [0.25, 0.3) is 0 Å². The third kappa shape index (κ3) is 5.25. The lowest BCUT2D eigenvalue weighted by Gasteiger charge is -2.29. The molecule has 1 aliphatic heterocycles. The molecule has 1 aliphatic rings.